The Kier molecular flexibility index (Phi) is 4.55. The van der Waals surface area contributed by atoms with Crippen molar-refractivity contribution in [3.05, 3.63) is 35.4 Å². The Morgan fingerprint density at radius 1 is 1.29 bits per heavy atom. The molecule has 0 saturated carbocycles. The summed E-state index contributed by atoms with van der Waals surface area (Å²) in [6.07, 6.45) is 0. The summed E-state index contributed by atoms with van der Waals surface area (Å²) in [6, 6.07) is 9.95. The van der Waals surface area contributed by atoms with Crippen LogP contribution in [-0.4, -0.2) is 5.75 Å². The van der Waals surface area contributed by atoms with E-state index in [0.717, 1.165) is 17.2 Å². The van der Waals surface area contributed by atoms with Crippen LogP contribution >= 0.6 is 11.8 Å². The van der Waals surface area contributed by atoms with E-state index in [1.54, 1.807) is 0 Å². The summed E-state index contributed by atoms with van der Waals surface area (Å²) in [5.41, 5.74) is 2.04. The molecule has 0 unspecified atom stereocenters. The van der Waals surface area contributed by atoms with Gasteiger partial charge < -0.3 is 0 Å². The number of nitrogens with zero attached hydrogens (tertiary/aromatic N) is 1. The molecule has 1 aromatic carbocycles. The highest BCUT2D eigenvalue weighted by Gasteiger charge is 1.96. The molecule has 0 spiro atoms. The van der Waals surface area contributed by atoms with Crippen molar-refractivity contribution in [3.63, 3.8) is 0 Å². The first-order valence-electron chi connectivity index (χ1n) is 4.79. The van der Waals surface area contributed by atoms with Crippen LogP contribution < -0.4 is 0 Å². The minimum atomic E-state index is 0.739. The average molecular weight is 205 g/mol. The molecule has 0 fully saturated rings. The van der Waals surface area contributed by atoms with Crippen LogP contribution in [0.5, 0.6) is 0 Å². The highest BCUT2D eigenvalue weighted by Crippen LogP contribution is 2.15. The van der Waals surface area contributed by atoms with Gasteiger partial charge in [-0.1, -0.05) is 26.0 Å². The van der Waals surface area contributed by atoms with E-state index < -0.39 is 0 Å². The van der Waals surface area contributed by atoms with Gasteiger partial charge in [0, 0.05) is 5.75 Å². The van der Waals surface area contributed by atoms with Crippen LogP contribution in [0.3, 0.4) is 0 Å². The fraction of sp³-hybridized carbons (Fsp3) is 0.417. The van der Waals surface area contributed by atoms with E-state index in [4.69, 9.17) is 5.26 Å². The summed E-state index contributed by atoms with van der Waals surface area (Å²) >= 11 is 1.94. The van der Waals surface area contributed by atoms with Crippen LogP contribution in [0.15, 0.2) is 24.3 Å². The van der Waals surface area contributed by atoms with Crippen LogP contribution in [0.25, 0.3) is 0 Å². The number of hydrogen-bond acceptors (Lipinski definition) is 2. The van der Waals surface area contributed by atoms with E-state index >= 15 is 0 Å². The quantitative estimate of drug-likeness (QED) is 0.751. The molecule has 0 heterocycles. The van der Waals surface area contributed by atoms with E-state index in [1.807, 2.05) is 36.0 Å². The second-order valence-electron chi connectivity index (χ2n) is 3.72. The summed E-state index contributed by atoms with van der Waals surface area (Å²) < 4.78 is 0. The second-order valence-corrected chi connectivity index (χ2v) is 4.75. The minimum absolute atomic E-state index is 0.739. The standard InChI is InChI=1S/C12H15NS/c1-10(2)8-14-9-12-5-3-11(7-13)4-6-12/h3-6,10H,8-9H2,1-2H3. The third kappa shape index (κ3) is 3.85. The molecular formula is C12H15NS. The van der Waals surface area contributed by atoms with Crippen molar-refractivity contribution in [2.24, 2.45) is 5.92 Å². The first kappa shape index (κ1) is 11.1. The minimum Gasteiger partial charge on any atom is -0.192 e. The van der Waals surface area contributed by atoms with Gasteiger partial charge in [0.25, 0.3) is 0 Å². The molecule has 1 aromatic rings. The largest absolute Gasteiger partial charge is 0.192 e. The van der Waals surface area contributed by atoms with E-state index in [1.165, 1.54) is 11.3 Å². The van der Waals surface area contributed by atoms with Gasteiger partial charge in [-0.3, -0.25) is 0 Å². The van der Waals surface area contributed by atoms with Crippen molar-refractivity contribution in [1.29, 1.82) is 5.26 Å². The number of benzene rings is 1. The highest BCUT2D eigenvalue weighted by atomic mass is 32.2. The Balaban J connectivity index is 2.41. The molecule has 0 N–H and O–H groups in total. The lowest BCUT2D eigenvalue weighted by Crippen LogP contribution is -1.91. The molecule has 0 aliphatic carbocycles. The maximum absolute atomic E-state index is 8.62. The fourth-order valence-corrected chi connectivity index (χ4v) is 2.11. The van der Waals surface area contributed by atoms with Crippen LogP contribution in [0, 0.1) is 17.2 Å². The molecule has 0 amide bonds. The van der Waals surface area contributed by atoms with Gasteiger partial charge >= 0.3 is 0 Å². The highest BCUT2D eigenvalue weighted by molar-refractivity contribution is 7.98. The Hall–Kier alpha value is -0.940. The van der Waals surface area contributed by atoms with Crippen molar-refractivity contribution < 1.29 is 0 Å². The maximum Gasteiger partial charge on any atom is 0.0991 e. The summed E-state index contributed by atoms with van der Waals surface area (Å²) in [6.45, 7) is 4.46. The van der Waals surface area contributed by atoms with Crippen molar-refractivity contribution in [2.45, 2.75) is 19.6 Å². The SMILES string of the molecule is CC(C)CSCc1ccc(C#N)cc1. The number of hydrogen-bond donors (Lipinski definition) is 0. The third-order valence-electron chi connectivity index (χ3n) is 1.80. The zero-order valence-electron chi connectivity index (χ0n) is 8.66. The average Bonchev–Trinajstić information content (AvgIpc) is 2.18. The van der Waals surface area contributed by atoms with Gasteiger partial charge in [-0.15, -0.1) is 0 Å². The summed E-state index contributed by atoms with van der Waals surface area (Å²) in [7, 11) is 0. The van der Waals surface area contributed by atoms with Gasteiger partial charge in [-0.25, -0.2) is 0 Å². The van der Waals surface area contributed by atoms with E-state index in [-0.39, 0.29) is 0 Å². The van der Waals surface area contributed by atoms with E-state index in [2.05, 4.69) is 19.9 Å². The van der Waals surface area contributed by atoms with Crippen molar-refractivity contribution in [2.75, 3.05) is 5.75 Å². The Bertz CT molecular complexity index is 308. The number of nitriles is 1. The first-order valence-corrected chi connectivity index (χ1v) is 5.94. The predicted molar refractivity (Wildman–Crippen MR) is 62.2 cm³/mol. The normalized spacial score (nSPS) is 10.1. The Labute approximate surface area is 90.1 Å². The summed E-state index contributed by atoms with van der Waals surface area (Å²) in [4.78, 5) is 0. The van der Waals surface area contributed by atoms with Crippen molar-refractivity contribution in [3.8, 4) is 6.07 Å². The van der Waals surface area contributed by atoms with E-state index in [0.29, 0.717) is 0 Å². The van der Waals surface area contributed by atoms with Crippen molar-refractivity contribution in [1.82, 2.24) is 0 Å². The van der Waals surface area contributed by atoms with Gasteiger partial charge in [-0.05, 0) is 29.4 Å². The molecule has 1 rings (SSSR count). The van der Waals surface area contributed by atoms with Gasteiger partial charge in [0.15, 0.2) is 0 Å². The monoisotopic (exact) mass is 205 g/mol. The Morgan fingerprint density at radius 2 is 1.93 bits per heavy atom. The lowest BCUT2D eigenvalue weighted by atomic mass is 10.2. The van der Waals surface area contributed by atoms with Crippen LogP contribution in [0.4, 0.5) is 0 Å². The van der Waals surface area contributed by atoms with E-state index in [9.17, 15) is 0 Å². The molecular weight excluding hydrogens is 190 g/mol. The summed E-state index contributed by atoms with van der Waals surface area (Å²) in [5, 5.41) is 8.62. The fourth-order valence-electron chi connectivity index (χ4n) is 1.09. The van der Waals surface area contributed by atoms with Gasteiger partial charge in [0.2, 0.25) is 0 Å². The number of thioether (sulfide) groups is 1. The Morgan fingerprint density at radius 3 is 2.43 bits per heavy atom. The van der Waals surface area contributed by atoms with Crippen LogP contribution in [0.1, 0.15) is 25.0 Å². The maximum atomic E-state index is 8.62. The topological polar surface area (TPSA) is 23.8 Å². The van der Waals surface area contributed by atoms with Crippen LogP contribution in [0.2, 0.25) is 0 Å². The second kappa shape index (κ2) is 5.72. The van der Waals surface area contributed by atoms with Gasteiger partial charge in [-0.2, -0.15) is 17.0 Å². The molecule has 0 aliphatic heterocycles. The smallest absolute Gasteiger partial charge is 0.0991 e. The van der Waals surface area contributed by atoms with Crippen LogP contribution in [-0.2, 0) is 5.75 Å². The number of rotatable bonds is 4. The van der Waals surface area contributed by atoms with Gasteiger partial charge in [0.05, 0.1) is 11.6 Å². The zero-order valence-corrected chi connectivity index (χ0v) is 9.47. The summed E-state index contributed by atoms with van der Waals surface area (Å²) in [5.74, 6) is 2.99. The molecule has 0 aromatic heterocycles. The molecule has 1 nitrogen and oxygen atoms in total. The zero-order chi connectivity index (χ0) is 10.4. The van der Waals surface area contributed by atoms with Crippen molar-refractivity contribution >= 4 is 11.8 Å². The molecule has 0 atom stereocenters. The predicted octanol–water partition coefficient (Wildman–Crippen LogP) is 3.45. The molecule has 0 bridgehead atoms. The molecule has 14 heavy (non-hydrogen) atoms. The molecule has 0 aliphatic rings. The molecule has 0 saturated heterocycles. The molecule has 2 heteroatoms. The molecule has 74 valence electrons. The first-order chi connectivity index (χ1) is 6.72. The molecule has 0 radical (unpaired) electrons. The lowest BCUT2D eigenvalue weighted by Gasteiger charge is -2.04. The lowest BCUT2D eigenvalue weighted by molar-refractivity contribution is 0.750. The third-order valence-corrected chi connectivity index (χ3v) is 3.24. The van der Waals surface area contributed by atoms with Gasteiger partial charge in [0.1, 0.15) is 0 Å².